The number of rotatable bonds is 4. The number of nitrogens with zero attached hydrogens (tertiary/aromatic N) is 1. The molecule has 0 aromatic heterocycles. The van der Waals surface area contributed by atoms with Crippen LogP contribution in [0.5, 0.6) is 0 Å². The molecule has 0 aliphatic heterocycles. The Hall–Kier alpha value is -1.28. The first-order chi connectivity index (χ1) is 9.89. The molecule has 2 saturated carbocycles. The predicted octanol–water partition coefficient (Wildman–Crippen LogP) is 4.70. The molecule has 2 nitrogen and oxygen atoms in total. The zero-order valence-electron chi connectivity index (χ0n) is 13.0. The molecule has 0 radical (unpaired) electrons. The Labute approximate surface area is 132 Å². The first kappa shape index (κ1) is 14.6. The van der Waals surface area contributed by atoms with Crippen LogP contribution < -0.4 is 5.73 Å². The molecule has 0 saturated heterocycles. The van der Waals surface area contributed by atoms with E-state index in [0.29, 0.717) is 11.5 Å². The number of benzene rings is 1. The smallest absolute Gasteiger partial charge is 0.0504 e. The van der Waals surface area contributed by atoms with Crippen molar-refractivity contribution >= 4 is 22.9 Å². The highest BCUT2D eigenvalue weighted by Crippen LogP contribution is 2.48. The van der Waals surface area contributed by atoms with Gasteiger partial charge in [0.1, 0.15) is 0 Å². The van der Waals surface area contributed by atoms with E-state index in [1.807, 2.05) is 13.0 Å². The fourth-order valence-electron chi connectivity index (χ4n) is 2.82. The van der Waals surface area contributed by atoms with E-state index >= 15 is 0 Å². The Morgan fingerprint density at radius 3 is 2.43 bits per heavy atom. The van der Waals surface area contributed by atoms with E-state index < -0.39 is 0 Å². The van der Waals surface area contributed by atoms with Gasteiger partial charge in [0.15, 0.2) is 0 Å². The SMILES string of the molecule is CC(=NC1CC1)/C(=C(/C)N)c1cc(Cl)cc(C2(C)CC2)c1. The van der Waals surface area contributed by atoms with Crippen LogP contribution >= 0.6 is 11.6 Å². The van der Waals surface area contributed by atoms with Gasteiger partial charge in [-0.25, -0.2) is 0 Å². The van der Waals surface area contributed by atoms with Gasteiger partial charge in [0.05, 0.1) is 6.04 Å². The molecular weight excluding hydrogens is 280 g/mol. The molecule has 1 aromatic rings. The van der Waals surface area contributed by atoms with Crippen molar-refractivity contribution in [3.63, 3.8) is 0 Å². The standard InChI is InChI=1S/C18H23ClN2/c1-11(20)17(12(2)21-16-4-5-16)13-8-14(10-15(19)9-13)18(3)6-7-18/h8-10,16H,4-7,20H2,1-3H3/b17-11+,21-12?. The van der Waals surface area contributed by atoms with Crippen molar-refractivity contribution in [3.8, 4) is 0 Å². The third-order valence-corrected chi connectivity index (χ3v) is 4.78. The molecule has 21 heavy (non-hydrogen) atoms. The lowest BCUT2D eigenvalue weighted by atomic mass is 9.92. The predicted molar refractivity (Wildman–Crippen MR) is 91.0 cm³/mol. The van der Waals surface area contributed by atoms with Crippen LogP contribution in [0.15, 0.2) is 28.9 Å². The third-order valence-electron chi connectivity index (χ3n) is 4.56. The van der Waals surface area contributed by atoms with E-state index in [2.05, 4.69) is 26.0 Å². The van der Waals surface area contributed by atoms with E-state index in [9.17, 15) is 0 Å². The highest BCUT2D eigenvalue weighted by Gasteiger charge is 2.39. The Morgan fingerprint density at radius 2 is 1.90 bits per heavy atom. The normalized spacial score (nSPS) is 22.0. The highest BCUT2D eigenvalue weighted by atomic mass is 35.5. The monoisotopic (exact) mass is 302 g/mol. The van der Waals surface area contributed by atoms with Gasteiger partial charge in [-0.15, -0.1) is 0 Å². The number of hydrogen-bond donors (Lipinski definition) is 1. The van der Waals surface area contributed by atoms with Crippen LogP contribution in [0.1, 0.15) is 57.6 Å². The molecule has 112 valence electrons. The van der Waals surface area contributed by atoms with Crippen LogP contribution in [0.4, 0.5) is 0 Å². The molecule has 3 rings (SSSR count). The summed E-state index contributed by atoms with van der Waals surface area (Å²) in [6.45, 7) is 6.30. The largest absolute Gasteiger partial charge is 0.402 e. The summed E-state index contributed by atoms with van der Waals surface area (Å²) in [5, 5.41) is 0.786. The number of allylic oxidation sites excluding steroid dienone is 2. The van der Waals surface area contributed by atoms with Gasteiger partial charge < -0.3 is 5.73 Å². The van der Waals surface area contributed by atoms with Crippen molar-refractivity contribution in [2.45, 2.75) is 57.9 Å². The summed E-state index contributed by atoms with van der Waals surface area (Å²) in [6, 6.07) is 6.85. The molecular formula is C18H23ClN2. The average molecular weight is 303 g/mol. The summed E-state index contributed by atoms with van der Waals surface area (Å²) in [5.41, 5.74) is 11.8. The molecule has 3 heteroatoms. The highest BCUT2D eigenvalue weighted by molar-refractivity contribution is 6.31. The van der Waals surface area contributed by atoms with E-state index in [1.54, 1.807) is 0 Å². The summed E-state index contributed by atoms with van der Waals surface area (Å²) >= 11 is 6.35. The first-order valence-electron chi connectivity index (χ1n) is 7.72. The molecule has 2 aliphatic carbocycles. The molecule has 0 unspecified atom stereocenters. The van der Waals surface area contributed by atoms with E-state index in [0.717, 1.165) is 27.6 Å². The lowest BCUT2D eigenvalue weighted by Gasteiger charge is -2.15. The molecule has 0 heterocycles. The summed E-state index contributed by atoms with van der Waals surface area (Å²) in [4.78, 5) is 4.76. The molecule has 2 fully saturated rings. The lowest BCUT2D eigenvalue weighted by Crippen LogP contribution is -2.08. The number of aliphatic imine (C=N–C) groups is 1. The van der Waals surface area contributed by atoms with Crippen molar-refractivity contribution in [1.29, 1.82) is 0 Å². The quantitative estimate of drug-likeness (QED) is 0.804. The molecule has 0 spiro atoms. The summed E-state index contributed by atoms with van der Waals surface area (Å²) in [7, 11) is 0. The molecule has 0 amide bonds. The number of halogens is 1. The fraction of sp³-hybridized carbons (Fsp3) is 0.500. The fourth-order valence-corrected chi connectivity index (χ4v) is 3.06. The summed E-state index contributed by atoms with van der Waals surface area (Å²) in [5.74, 6) is 0. The minimum atomic E-state index is 0.300. The summed E-state index contributed by atoms with van der Waals surface area (Å²) < 4.78 is 0. The zero-order valence-corrected chi connectivity index (χ0v) is 13.8. The van der Waals surface area contributed by atoms with Crippen molar-refractivity contribution in [3.05, 3.63) is 40.0 Å². The maximum Gasteiger partial charge on any atom is 0.0504 e. The Morgan fingerprint density at radius 1 is 1.24 bits per heavy atom. The zero-order chi connectivity index (χ0) is 15.2. The van der Waals surface area contributed by atoms with Crippen molar-refractivity contribution in [1.82, 2.24) is 0 Å². The second-order valence-electron chi connectivity index (χ2n) is 6.79. The van der Waals surface area contributed by atoms with Gasteiger partial charge in [-0.3, -0.25) is 4.99 Å². The topological polar surface area (TPSA) is 38.4 Å². The van der Waals surface area contributed by atoms with Gasteiger partial charge in [-0.1, -0.05) is 24.6 Å². The van der Waals surface area contributed by atoms with Gasteiger partial charge in [0, 0.05) is 22.0 Å². The van der Waals surface area contributed by atoms with E-state index in [1.165, 1.54) is 31.2 Å². The summed E-state index contributed by atoms with van der Waals surface area (Å²) in [6.07, 6.45) is 4.88. The van der Waals surface area contributed by atoms with Crippen molar-refractivity contribution < 1.29 is 0 Å². The average Bonchev–Trinajstić information content (AvgIpc) is 3.27. The minimum Gasteiger partial charge on any atom is -0.402 e. The van der Waals surface area contributed by atoms with E-state index in [-0.39, 0.29) is 0 Å². The van der Waals surface area contributed by atoms with Gasteiger partial charge in [0.25, 0.3) is 0 Å². The number of nitrogens with two attached hydrogens (primary N) is 1. The van der Waals surface area contributed by atoms with Gasteiger partial charge >= 0.3 is 0 Å². The number of hydrogen-bond acceptors (Lipinski definition) is 2. The van der Waals surface area contributed by atoms with Crippen LogP contribution in [-0.2, 0) is 5.41 Å². The maximum atomic E-state index is 6.35. The second-order valence-corrected chi connectivity index (χ2v) is 7.23. The molecule has 0 atom stereocenters. The van der Waals surface area contributed by atoms with Gasteiger partial charge in [0.2, 0.25) is 0 Å². The van der Waals surface area contributed by atoms with Crippen LogP contribution in [0.2, 0.25) is 5.02 Å². The van der Waals surface area contributed by atoms with Gasteiger partial charge in [-0.05, 0) is 68.2 Å². The van der Waals surface area contributed by atoms with Crippen molar-refractivity contribution in [2.24, 2.45) is 10.7 Å². The first-order valence-corrected chi connectivity index (χ1v) is 8.09. The second kappa shape index (κ2) is 5.17. The van der Waals surface area contributed by atoms with E-state index in [4.69, 9.17) is 22.3 Å². The molecule has 0 bridgehead atoms. The maximum absolute atomic E-state index is 6.35. The Bertz CT molecular complexity index is 631. The lowest BCUT2D eigenvalue weighted by molar-refractivity contribution is 0.787. The van der Waals surface area contributed by atoms with Gasteiger partial charge in [-0.2, -0.15) is 0 Å². The molecule has 2 aliphatic rings. The Balaban J connectivity index is 2.04. The molecule has 1 aromatic carbocycles. The van der Waals surface area contributed by atoms with Crippen LogP contribution in [0, 0.1) is 0 Å². The third kappa shape index (κ3) is 3.16. The minimum absolute atomic E-state index is 0.300. The molecule has 2 N–H and O–H groups in total. The van der Waals surface area contributed by atoms with Crippen LogP contribution in [0.3, 0.4) is 0 Å². The Kier molecular flexibility index (Phi) is 3.61. The van der Waals surface area contributed by atoms with Crippen LogP contribution in [-0.4, -0.2) is 11.8 Å². The van der Waals surface area contributed by atoms with Crippen LogP contribution in [0.25, 0.3) is 5.57 Å². The van der Waals surface area contributed by atoms with Crippen molar-refractivity contribution in [2.75, 3.05) is 0 Å².